The second-order valence-electron chi connectivity index (χ2n) is 10.1. The number of rotatable bonds is 8. The molecule has 40 heavy (non-hydrogen) atoms. The van der Waals surface area contributed by atoms with Gasteiger partial charge in [0.2, 0.25) is 0 Å². The molecular formula is C30H31N5O3S2. The zero-order chi connectivity index (χ0) is 27.3. The van der Waals surface area contributed by atoms with E-state index in [2.05, 4.69) is 25.5 Å². The zero-order valence-corrected chi connectivity index (χ0v) is 23.8. The standard InChI is InChI=1S/C30H31N5O3S2/c36-28(24-19-39-26(33-24)18-35-13-15-38-16-14-35)34-30-27(23-3-1-2-4-25(23)40-30)29(37)32-22-7-5-20(6-8-22)17-21-9-11-31-12-10-21/h5-12,19H,1-4,13-18H2,(H,32,37)(H,34,36). The fourth-order valence-electron chi connectivity index (χ4n) is 5.14. The van der Waals surface area contributed by atoms with Gasteiger partial charge >= 0.3 is 0 Å². The van der Waals surface area contributed by atoms with Crippen LogP contribution in [0.15, 0.2) is 54.2 Å². The Morgan fingerprint density at radius 1 is 0.925 bits per heavy atom. The molecule has 1 aromatic carbocycles. The van der Waals surface area contributed by atoms with Crippen molar-refractivity contribution in [3.8, 4) is 0 Å². The summed E-state index contributed by atoms with van der Waals surface area (Å²) in [5.41, 5.74) is 5.09. The first kappa shape index (κ1) is 26.8. The van der Waals surface area contributed by atoms with Crippen LogP contribution in [0, 0.1) is 0 Å². The predicted octanol–water partition coefficient (Wildman–Crippen LogP) is 5.41. The van der Waals surface area contributed by atoms with Crippen LogP contribution in [0.3, 0.4) is 0 Å². The number of aromatic nitrogens is 2. The number of morpholine rings is 1. The Kier molecular flexibility index (Phi) is 8.29. The minimum Gasteiger partial charge on any atom is -0.379 e. The van der Waals surface area contributed by atoms with E-state index < -0.39 is 0 Å². The fourth-order valence-corrected chi connectivity index (χ4v) is 7.23. The van der Waals surface area contributed by atoms with Gasteiger partial charge in [-0.1, -0.05) is 12.1 Å². The van der Waals surface area contributed by atoms with Crippen LogP contribution < -0.4 is 10.6 Å². The predicted molar refractivity (Wildman–Crippen MR) is 159 cm³/mol. The van der Waals surface area contributed by atoms with Gasteiger partial charge in [0, 0.05) is 41.4 Å². The molecule has 0 saturated carbocycles. The number of fused-ring (bicyclic) bond motifs is 1. The van der Waals surface area contributed by atoms with Crippen LogP contribution in [-0.2, 0) is 30.5 Å². The SMILES string of the molecule is O=C(Nc1sc2c(c1C(=O)Nc1ccc(Cc3ccncc3)cc1)CCCC2)c1csc(CN2CCOCC2)n1. The molecule has 0 spiro atoms. The van der Waals surface area contributed by atoms with Gasteiger partial charge in [0.25, 0.3) is 11.8 Å². The molecule has 3 aromatic heterocycles. The van der Waals surface area contributed by atoms with Crippen molar-refractivity contribution >= 4 is 45.2 Å². The Labute approximate surface area is 241 Å². The molecule has 2 N–H and O–H groups in total. The first-order chi connectivity index (χ1) is 19.6. The quantitative estimate of drug-likeness (QED) is 0.293. The van der Waals surface area contributed by atoms with E-state index in [1.54, 1.807) is 17.8 Å². The Morgan fingerprint density at radius 3 is 2.48 bits per heavy atom. The molecular weight excluding hydrogens is 542 g/mol. The number of thiophene rings is 1. The molecule has 8 nitrogen and oxygen atoms in total. The Balaban J connectivity index is 1.16. The lowest BCUT2D eigenvalue weighted by Crippen LogP contribution is -2.35. The first-order valence-corrected chi connectivity index (χ1v) is 15.3. The van der Waals surface area contributed by atoms with Crippen molar-refractivity contribution in [1.82, 2.24) is 14.9 Å². The number of carbonyl (C=O) groups excluding carboxylic acids is 2. The minimum absolute atomic E-state index is 0.192. The number of amides is 2. The highest BCUT2D eigenvalue weighted by Gasteiger charge is 2.27. The summed E-state index contributed by atoms with van der Waals surface area (Å²) in [6.45, 7) is 3.90. The van der Waals surface area contributed by atoms with E-state index in [0.29, 0.717) is 22.8 Å². The Morgan fingerprint density at radius 2 is 1.68 bits per heavy atom. The number of aryl methyl sites for hydroxylation is 1. The molecule has 1 saturated heterocycles. The number of anilines is 2. The van der Waals surface area contributed by atoms with Crippen molar-refractivity contribution in [3.05, 3.63) is 92.0 Å². The van der Waals surface area contributed by atoms with E-state index in [9.17, 15) is 9.59 Å². The molecule has 0 unspecified atom stereocenters. The van der Waals surface area contributed by atoms with Crippen LogP contribution in [0.5, 0.6) is 0 Å². The molecule has 4 heterocycles. The van der Waals surface area contributed by atoms with Crippen molar-refractivity contribution < 1.29 is 14.3 Å². The average Bonchev–Trinajstić information content (AvgIpc) is 3.60. The van der Waals surface area contributed by atoms with Gasteiger partial charge in [-0.25, -0.2) is 4.98 Å². The lowest BCUT2D eigenvalue weighted by atomic mass is 9.95. The molecule has 2 amide bonds. The van der Waals surface area contributed by atoms with E-state index in [1.807, 2.05) is 36.4 Å². The van der Waals surface area contributed by atoms with E-state index in [1.165, 1.54) is 33.1 Å². The number of nitrogens with zero attached hydrogens (tertiary/aromatic N) is 3. The molecule has 0 bridgehead atoms. The molecule has 2 aliphatic rings. The number of pyridine rings is 1. The summed E-state index contributed by atoms with van der Waals surface area (Å²) in [5.74, 6) is -0.472. The van der Waals surface area contributed by atoms with Gasteiger partial charge in [-0.3, -0.25) is 19.5 Å². The summed E-state index contributed by atoms with van der Waals surface area (Å²) in [7, 11) is 0. The highest BCUT2D eigenvalue weighted by molar-refractivity contribution is 7.17. The summed E-state index contributed by atoms with van der Waals surface area (Å²) in [5, 5.41) is 9.40. The summed E-state index contributed by atoms with van der Waals surface area (Å²) in [6, 6.07) is 11.9. The molecule has 6 rings (SSSR count). The van der Waals surface area contributed by atoms with Gasteiger partial charge in [0.05, 0.1) is 25.3 Å². The first-order valence-electron chi connectivity index (χ1n) is 13.6. The zero-order valence-electron chi connectivity index (χ0n) is 22.2. The number of ether oxygens (including phenoxy) is 1. The molecule has 0 radical (unpaired) electrons. The topological polar surface area (TPSA) is 96.5 Å². The lowest BCUT2D eigenvalue weighted by Gasteiger charge is -2.25. The van der Waals surface area contributed by atoms with Gasteiger partial charge < -0.3 is 15.4 Å². The second kappa shape index (κ2) is 12.4. The third-order valence-corrected chi connectivity index (χ3v) is 9.28. The largest absolute Gasteiger partial charge is 0.379 e. The smallest absolute Gasteiger partial charge is 0.275 e. The molecule has 1 aliphatic carbocycles. The number of benzene rings is 1. The Bertz CT molecular complexity index is 1480. The molecule has 0 atom stereocenters. The number of nitrogens with one attached hydrogen (secondary N) is 2. The van der Waals surface area contributed by atoms with E-state index in [4.69, 9.17) is 4.74 Å². The van der Waals surface area contributed by atoms with Crippen LogP contribution >= 0.6 is 22.7 Å². The van der Waals surface area contributed by atoms with Gasteiger partial charge in [-0.2, -0.15) is 0 Å². The highest BCUT2D eigenvalue weighted by Crippen LogP contribution is 2.39. The number of thiazole rings is 1. The summed E-state index contributed by atoms with van der Waals surface area (Å²) in [6.07, 6.45) is 8.29. The molecule has 4 aromatic rings. The molecule has 1 aliphatic heterocycles. The summed E-state index contributed by atoms with van der Waals surface area (Å²) < 4.78 is 5.42. The molecule has 206 valence electrons. The van der Waals surface area contributed by atoms with Crippen molar-refractivity contribution in [1.29, 1.82) is 0 Å². The molecule has 10 heteroatoms. The third-order valence-electron chi connectivity index (χ3n) is 7.24. The number of carbonyl (C=O) groups is 2. The van der Waals surface area contributed by atoms with Crippen molar-refractivity contribution in [2.45, 2.75) is 38.6 Å². The fraction of sp³-hybridized carbons (Fsp3) is 0.333. The van der Waals surface area contributed by atoms with Gasteiger partial charge in [-0.15, -0.1) is 22.7 Å². The third kappa shape index (κ3) is 6.31. The van der Waals surface area contributed by atoms with Gasteiger partial charge in [-0.05, 0) is 73.1 Å². The molecule has 1 fully saturated rings. The van der Waals surface area contributed by atoms with Crippen molar-refractivity contribution in [2.24, 2.45) is 0 Å². The van der Waals surface area contributed by atoms with Crippen molar-refractivity contribution in [2.75, 3.05) is 36.9 Å². The van der Waals surface area contributed by atoms with E-state index >= 15 is 0 Å². The summed E-state index contributed by atoms with van der Waals surface area (Å²) >= 11 is 3.01. The van der Waals surface area contributed by atoms with E-state index in [-0.39, 0.29) is 11.8 Å². The van der Waals surface area contributed by atoms with Crippen LogP contribution in [0.1, 0.15) is 60.3 Å². The lowest BCUT2D eigenvalue weighted by molar-refractivity contribution is 0.0341. The highest BCUT2D eigenvalue weighted by atomic mass is 32.1. The maximum absolute atomic E-state index is 13.6. The van der Waals surface area contributed by atoms with Crippen LogP contribution in [-0.4, -0.2) is 53.0 Å². The van der Waals surface area contributed by atoms with Crippen LogP contribution in [0.4, 0.5) is 10.7 Å². The Hall–Kier alpha value is -3.44. The van der Waals surface area contributed by atoms with Gasteiger partial charge in [0.15, 0.2) is 0 Å². The number of hydrogen-bond acceptors (Lipinski definition) is 8. The maximum atomic E-state index is 13.6. The van der Waals surface area contributed by atoms with E-state index in [0.717, 1.165) is 80.2 Å². The van der Waals surface area contributed by atoms with Crippen LogP contribution in [0.2, 0.25) is 0 Å². The monoisotopic (exact) mass is 573 g/mol. The van der Waals surface area contributed by atoms with Crippen molar-refractivity contribution in [3.63, 3.8) is 0 Å². The summed E-state index contributed by atoms with van der Waals surface area (Å²) in [4.78, 5) is 38.9. The van der Waals surface area contributed by atoms with Crippen LogP contribution in [0.25, 0.3) is 0 Å². The maximum Gasteiger partial charge on any atom is 0.275 e. The normalized spacial score (nSPS) is 15.4. The second-order valence-corrected chi connectivity index (χ2v) is 12.1. The average molecular weight is 574 g/mol. The minimum atomic E-state index is -0.280. The number of hydrogen-bond donors (Lipinski definition) is 2. The van der Waals surface area contributed by atoms with Gasteiger partial charge in [0.1, 0.15) is 15.7 Å².